The third-order valence-electron chi connectivity index (χ3n) is 2.66. The predicted octanol–water partition coefficient (Wildman–Crippen LogP) is 2.95. The van der Waals surface area contributed by atoms with Crippen molar-refractivity contribution in [2.75, 3.05) is 0 Å². The molecule has 0 spiro atoms. The van der Waals surface area contributed by atoms with E-state index in [2.05, 4.69) is 15.8 Å². The van der Waals surface area contributed by atoms with E-state index in [1.165, 1.54) is 12.3 Å². The van der Waals surface area contributed by atoms with Crippen LogP contribution in [0.5, 0.6) is 0 Å². The Balaban J connectivity index is 2.54. The highest BCUT2D eigenvalue weighted by Gasteiger charge is 2.14. The Labute approximate surface area is 117 Å². The van der Waals surface area contributed by atoms with Gasteiger partial charge in [-0.2, -0.15) is 5.10 Å². The highest BCUT2D eigenvalue weighted by atomic mass is 32.1. The predicted molar refractivity (Wildman–Crippen MR) is 77.2 cm³/mol. The van der Waals surface area contributed by atoms with Gasteiger partial charge >= 0.3 is 0 Å². The Morgan fingerprint density at radius 3 is 2.63 bits per heavy atom. The van der Waals surface area contributed by atoms with Gasteiger partial charge in [-0.05, 0) is 50.2 Å². The fourth-order valence-electron chi connectivity index (χ4n) is 1.18. The van der Waals surface area contributed by atoms with Crippen LogP contribution in [0.4, 0.5) is 8.78 Å². The summed E-state index contributed by atoms with van der Waals surface area (Å²) in [7, 11) is 0. The first-order valence-corrected chi connectivity index (χ1v) is 6.31. The molecule has 0 amide bonds. The maximum Gasteiger partial charge on any atom is 0.187 e. The number of nitrogens with one attached hydrogen (secondary N) is 2. The maximum absolute atomic E-state index is 12.9. The van der Waals surface area contributed by atoms with E-state index in [1.54, 1.807) is 0 Å². The minimum atomic E-state index is -0.906. The lowest BCUT2D eigenvalue weighted by molar-refractivity contribution is 0.443. The third kappa shape index (κ3) is 5.30. The van der Waals surface area contributed by atoms with Crippen molar-refractivity contribution in [2.45, 2.75) is 32.7 Å². The lowest BCUT2D eigenvalue weighted by atomic mass is 10.0. The number of hydrazone groups is 1. The highest BCUT2D eigenvalue weighted by molar-refractivity contribution is 7.80. The molecule has 1 aromatic carbocycles. The van der Waals surface area contributed by atoms with E-state index in [9.17, 15) is 8.78 Å². The second-order valence-corrected chi connectivity index (χ2v) is 5.14. The smallest absolute Gasteiger partial charge is 0.187 e. The molecule has 0 radical (unpaired) electrons. The Hall–Kier alpha value is -1.56. The van der Waals surface area contributed by atoms with Crippen LogP contribution in [-0.4, -0.2) is 16.9 Å². The second-order valence-electron chi connectivity index (χ2n) is 4.74. The van der Waals surface area contributed by atoms with E-state index in [-0.39, 0.29) is 5.54 Å². The van der Waals surface area contributed by atoms with Crippen molar-refractivity contribution >= 4 is 23.5 Å². The molecule has 0 heterocycles. The van der Waals surface area contributed by atoms with Gasteiger partial charge in [0.2, 0.25) is 0 Å². The van der Waals surface area contributed by atoms with Crippen LogP contribution in [0.15, 0.2) is 23.3 Å². The summed E-state index contributed by atoms with van der Waals surface area (Å²) in [6.45, 7) is 6.07. The molecule has 0 aliphatic rings. The van der Waals surface area contributed by atoms with Gasteiger partial charge in [0.05, 0.1) is 6.21 Å². The van der Waals surface area contributed by atoms with Crippen molar-refractivity contribution in [3.63, 3.8) is 0 Å². The molecule has 2 N–H and O–H groups in total. The molecule has 0 saturated heterocycles. The molecule has 0 fully saturated rings. The van der Waals surface area contributed by atoms with Crippen LogP contribution in [0.25, 0.3) is 0 Å². The summed E-state index contributed by atoms with van der Waals surface area (Å²) in [5.41, 5.74) is 2.95. The molecule has 104 valence electrons. The minimum Gasteiger partial charge on any atom is -0.356 e. The zero-order chi connectivity index (χ0) is 14.5. The van der Waals surface area contributed by atoms with Crippen LogP contribution >= 0.6 is 12.2 Å². The molecule has 3 nitrogen and oxygen atoms in total. The number of nitrogens with zero attached hydrogens (tertiary/aromatic N) is 1. The number of benzene rings is 1. The van der Waals surface area contributed by atoms with Gasteiger partial charge in [-0.15, -0.1) is 0 Å². The number of halogens is 2. The van der Waals surface area contributed by atoms with E-state index in [1.807, 2.05) is 20.8 Å². The minimum absolute atomic E-state index is 0.123. The van der Waals surface area contributed by atoms with Crippen LogP contribution in [0.2, 0.25) is 0 Å². The van der Waals surface area contributed by atoms with Crippen molar-refractivity contribution in [1.82, 2.24) is 10.7 Å². The van der Waals surface area contributed by atoms with Crippen LogP contribution in [0.1, 0.15) is 32.8 Å². The quantitative estimate of drug-likeness (QED) is 0.507. The number of hydrogen-bond acceptors (Lipinski definition) is 2. The lowest BCUT2D eigenvalue weighted by Gasteiger charge is -2.25. The van der Waals surface area contributed by atoms with E-state index < -0.39 is 11.6 Å². The van der Waals surface area contributed by atoms with Gasteiger partial charge in [0.15, 0.2) is 16.7 Å². The molecule has 0 unspecified atom stereocenters. The van der Waals surface area contributed by atoms with Gasteiger partial charge in [-0.25, -0.2) is 8.78 Å². The number of rotatable bonds is 4. The summed E-state index contributed by atoms with van der Waals surface area (Å²) in [5.74, 6) is -1.79. The van der Waals surface area contributed by atoms with Crippen molar-refractivity contribution in [2.24, 2.45) is 5.10 Å². The maximum atomic E-state index is 12.9. The molecule has 0 atom stereocenters. The van der Waals surface area contributed by atoms with E-state index in [0.717, 1.165) is 18.6 Å². The molecule has 0 bridgehead atoms. The Morgan fingerprint density at radius 1 is 1.37 bits per heavy atom. The first kappa shape index (κ1) is 15.5. The van der Waals surface area contributed by atoms with Gasteiger partial charge in [-0.3, -0.25) is 5.43 Å². The lowest BCUT2D eigenvalue weighted by Crippen LogP contribution is -2.46. The fraction of sp³-hybridized carbons (Fsp3) is 0.385. The first-order chi connectivity index (χ1) is 8.84. The number of thiocarbonyl (C=S) groups is 1. The van der Waals surface area contributed by atoms with Crippen molar-refractivity contribution in [3.8, 4) is 0 Å². The van der Waals surface area contributed by atoms with Gasteiger partial charge in [-0.1, -0.05) is 13.0 Å². The molecule has 1 aromatic rings. The van der Waals surface area contributed by atoms with Gasteiger partial charge < -0.3 is 5.32 Å². The molecular formula is C13H17F2N3S. The summed E-state index contributed by atoms with van der Waals surface area (Å²) in [6, 6.07) is 3.54. The van der Waals surface area contributed by atoms with E-state index >= 15 is 0 Å². The third-order valence-corrected chi connectivity index (χ3v) is 2.85. The van der Waals surface area contributed by atoms with Gasteiger partial charge in [0, 0.05) is 5.54 Å². The van der Waals surface area contributed by atoms with Crippen molar-refractivity contribution < 1.29 is 8.78 Å². The zero-order valence-electron chi connectivity index (χ0n) is 11.1. The normalized spacial score (nSPS) is 11.6. The summed E-state index contributed by atoms with van der Waals surface area (Å²) >= 11 is 5.06. The van der Waals surface area contributed by atoms with Crippen LogP contribution in [0.3, 0.4) is 0 Å². The molecule has 19 heavy (non-hydrogen) atoms. The van der Waals surface area contributed by atoms with Gasteiger partial charge in [0.25, 0.3) is 0 Å². The summed E-state index contributed by atoms with van der Waals surface area (Å²) in [4.78, 5) is 0. The van der Waals surface area contributed by atoms with Crippen LogP contribution in [-0.2, 0) is 0 Å². The molecule has 0 aliphatic carbocycles. The van der Waals surface area contributed by atoms with Crippen molar-refractivity contribution in [3.05, 3.63) is 35.4 Å². The van der Waals surface area contributed by atoms with E-state index in [0.29, 0.717) is 10.7 Å². The molecule has 0 saturated carbocycles. The molecular weight excluding hydrogens is 268 g/mol. The Morgan fingerprint density at radius 2 is 2.05 bits per heavy atom. The largest absolute Gasteiger partial charge is 0.356 e. The average Bonchev–Trinajstić information content (AvgIpc) is 2.33. The molecule has 6 heteroatoms. The molecule has 1 rings (SSSR count). The zero-order valence-corrected chi connectivity index (χ0v) is 11.9. The summed E-state index contributed by atoms with van der Waals surface area (Å²) in [5, 5.41) is 7.33. The Kier molecular flexibility index (Phi) is 5.35. The topological polar surface area (TPSA) is 36.4 Å². The summed E-state index contributed by atoms with van der Waals surface area (Å²) in [6.07, 6.45) is 2.27. The molecule has 0 aromatic heterocycles. The standard InChI is InChI=1S/C13H17F2N3S/c1-4-13(2,3)17-12(19)18-16-8-9-5-6-10(14)11(15)7-9/h5-8H,4H2,1-3H3,(H2,17,18,19)/b16-8+. The average molecular weight is 285 g/mol. The number of hydrogen-bond donors (Lipinski definition) is 2. The SMILES string of the molecule is CCC(C)(C)NC(=S)N/N=C/c1ccc(F)c(F)c1. The fourth-order valence-corrected chi connectivity index (χ4v) is 1.51. The molecule has 0 aliphatic heterocycles. The first-order valence-electron chi connectivity index (χ1n) is 5.90. The van der Waals surface area contributed by atoms with Crippen LogP contribution in [0, 0.1) is 11.6 Å². The van der Waals surface area contributed by atoms with Crippen LogP contribution < -0.4 is 10.7 Å². The highest BCUT2D eigenvalue weighted by Crippen LogP contribution is 2.07. The van der Waals surface area contributed by atoms with Crippen molar-refractivity contribution in [1.29, 1.82) is 0 Å². The van der Waals surface area contributed by atoms with Gasteiger partial charge in [0.1, 0.15) is 0 Å². The Bertz CT molecular complexity index is 487. The monoisotopic (exact) mass is 285 g/mol. The summed E-state index contributed by atoms with van der Waals surface area (Å²) < 4.78 is 25.6. The van der Waals surface area contributed by atoms with E-state index in [4.69, 9.17) is 12.2 Å². The second kappa shape index (κ2) is 6.56.